The van der Waals surface area contributed by atoms with Gasteiger partial charge in [0, 0.05) is 0 Å². The average molecular weight is 278 g/mol. The van der Waals surface area contributed by atoms with E-state index in [1.807, 2.05) is 6.07 Å². The van der Waals surface area contributed by atoms with Crippen LogP contribution in [0.15, 0.2) is 18.2 Å². The van der Waals surface area contributed by atoms with Gasteiger partial charge in [0.15, 0.2) is 0 Å². The minimum Gasteiger partial charge on any atom is -0.481 e. The Morgan fingerprint density at radius 2 is 2.00 bits per heavy atom. The van der Waals surface area contributed by atoms with Gasteiger partial charge < -0.3 is 5.11 Å². The third kappa shape index (κ3) is 3.81. The van der Waals surface area contributed by atoms with Gasteiger partial charge in [-0.05, 0) is 54.7 Å². The highest BCUT2D eigenvalue weighted by atomic mass is 19.1. The molecule has 3 heteroatoms. The zero-order chi connectivity index (χ0) is 14.5. The van der Waals surface area contributed by atoms with Gasteiger partial charge in [0.25, 0.3) is 0 Å². The first-order valence-electron chi connectivity index (χ1n) is 7.60. The minimum atomic E-state index is -0.989. The smallest absolute Gasteiger partial charge is 0.307 e. The molecule has 1 saturated carbocycles. The fourth-order valence-corrected chi connectivity index (χ4v) is 3.32. The molecule has 1 N–H and O–H groups in total. The number of benzene rings is 1. The molecule has 0 aromatic heterocycles. The summed E-state index contributed by atoms with van der Waals surface area (Å²) in [5, 5.41) is 8.72. The molecule has 0 saturated heterocycles. The topological polar surface area (TPSA) is 37.3 Å². The van der Waals surface area contributed by atoms with Gasteiger partial charge >= 0.3 is 5.97 Å². The molecular weight excluding hydrogens is 255 g/mol. The van der Waals surface area contributed by atoms with Crippen LogP contribution >= 0.6 is 0 Å². The summed E-state index contributed by atoms with van der Waals surface area (Å²) in [7, 11) is 0. The zero-order valence-corrected chi connectivity index (χ0v) is 12.1. The van der Waals surface area contributed by atoms with Crippen LogP contribution in [-0.4, -0.2) is 11.1 Å². The van der Waals surface area contributed by atoms with Crippen molar-refractivity contribution in [2.75, 3.05) is 0 Å². The molecule has 1 aliphatic carbocycles. The highest BCUT2D eigenvalue weighted by molar-refractivity contribution is 5.70. The van der Waals surface area contributed by atoms with Gasteiger partial charge in [-0.15, -0.1) is 0 Å². The van der Waals surface area contributed by atoms with Crippen LogP contribution in [0.25, 0.3) is 0 Å². The van der Waals surface area contributed by atoms with Crippen molar-refractivity contribution in [3.8, 4) is 0 Å². The van der Waals surface area contributed by atoms with Crippen LogP contribution in [0.2, 0.25) is 0 Å². The van der Waals surface area contributed by atoms with Crippen LogP contribution in [-0.2, 0) is 11.2 Å². The Labute approximate surface area is 120 Å². The van der Waals surface area contributed by atoms with Gasteiger partial charge in [0.1, 0.15) is 5.82 Å². The van der Waals surface area contributed by atoms with Crippen molar-refractivity contribution >= 4 is 5.97 Å². The van der Waals surface area contributed by atoms with Gasteiger partial charge in [-0.3, -0.25) is 4.79 Å². The Bertz CT molecular complexity index is 462. The molecule has 0 unspecified atom stereocenters. The van der Waals surface area contributed by atoms with Crippen molar-refractivity contribution in [2.24, 2.45) is 5.92 Å². The minimum absolute atomic E-state index is 0.241. The molecular formula is C17H23FO2. The van der Waals surface area contributed by atoms with E-state index in [9.17, 15) is 9.18 Å². The van der Waals surface area contributed by atoms with Crippen molar-refractivity contribution in [2.45, 2.75) is 57.8 Å². The number of carbonyl (C=O) groups is 1. The summed E-state index contributed by atoms with van der Waals surface area (Å²) in [6.45, 7) is 2.22. The molecule has 0 radical (unpaired) electrons. The van der Waals surface area contributed by atoms with Crippen molar-refractivity contribution in [3.63, 3.8) is 0 Å². The Hall–Kier alpha value is -1.38. The maximum Gasteiger partial charge on any atom is 0.307 e. The van der Waals surface area contributed by atoms with Gasteiger partial charge in [0.2, 0.25) is 0 Å². The van der Waals surface area contributed by atoms with Crippen LogP contribution < -0.4 is 0 Å². The number of carboxylic acids is 1. The van der Waals surface area contributed by atoms with Crippen molar-refractivity contribution < 1.29 is 14.3 Å². The van der Waals surface area contributed by atoms with Crippen LogP contribution in [0.3, 0.4) is 0 Å². The Morgan fingerprint density at radius 3 is 2.55 bits per heavy atom. The largest absolute Gasteiger partial charge is 0.481 e. The molecule has 0 heterocycles. The second-order valence-corrected chi connectivity index (χ2v) is 5.93. The van der Waals surface area contributed by atoms with Gasteiger partial charge in [0.05, 0.1) is 6.42 Å². The first kappa shape index (κ1) is 15.0. The van der Waals surface area contributed by atoms with E-state index in [1.165, 1.54) is 25.7 Å². The monoisotopic (exact) mass is 278 g/mol. The first-order chi connectivity index (χ1) is 9.60. The second-order valence-electron chi connectivity index (χ2n) is 5.93. The molecule has 1 aromatic rings. The molecule has 1 fully saturated rings. The molecule has 0 amide bonds. The van der Waals surface area contributed by atoms with E-state index in [4.69, 9.17) is 5.11 Å². The number of rotatable bonds is 5. The molecule has 2 nitrogen and oxygen atoms in total. The third-order valence-corrected chi connectivity index (χ3v) is 4.43. The summed E-state index contributed by atoms with van der Waals surface area (Å²) in [6.07, 6.45) is 7.03. The lowest BCUT2D eigenvalue weighted by Crippen LogP contribution is -2.13. The van der Waals surface area contributed by atoms with Gasteiger partial charge in [-0.1, -0.05) is 31.9 Å². The molecule has 0 atom stereocenters. The summed E-state index contributed by atoms with van der Waals surface area (Å²) in [4.78, 5) is 10.6. The Kier molecular flexibility index (Phi) is 5.16. The molecule has 0 spiro atoms. The van der Waals surface area contributed by atoms with Crippen LogP contribution in [0.1, 0.15) is 62.5 Å². The molecule has 1 aliphatic rings. The lowest BCUT2D eigenvalue weighted by atomic mass is 9.77. The second kappa shape index (κ2) is 6.87. The van der Waals surface area contributed by atoms with E-state index >= 15 is 0 Å². The third-order valence-electron chi connectivity index (χ3n) is 4.43. The van der Waals surface area contributed by atoms with Crippen molar-refractivity contribution in [3.05, 3.63) is 35.1 Å². The lowest BCUT2D eigenvalue weighted by molar-refractivity contribution is -0.136. The predicted molar refractivity (Wildman–Crippen MR) is 77.3 cm³/mol. The van der Waals surface area contributed by atoms with Gasteiger partial charge in [-0.25, -0.2) is 4.39 Å². The number of aliphatic carboxylic acids is 1. The van der Waals surface area contributed by atoms with E-state index in [0.29, 0.717) is 5.92 Å². The summed E-state index contributed by atoms with van der Waals surface area (Å²) < 4.78 is 13.9. The van der Waals surface area contributed by atoms with Crippen LogP contribution in [0, 0.1) is 11.7 Å². The quantitative estimate of drug-likeness (QED) is 0.859. The molecule has 1 aromatic carbocycles. The number of halogens is 1. The highest BCUT2D eigenvalue weighted by Crippen LogP contribution is 2.37. The maximum atomic E-state index is 13.9. The van der Waals surface area contributed by atoms with Crippen molar-refractivity contribution in [1.82, 2.24) is 0 Å². The lowest BCUT2D eigenvalue weighted by Gasteiger charge is -2.28. The number of hydrogen-bond donors (Lipinski definition) is 1. The van der Waals surface area contributed by atoms with E-state index in [1.54, 1.807) is 12.1 Å². The highest BCUT2D eigenvalue weighted by Gasteiger charge is 2.22. The predicted octanol–water partition coefficient (Wildman–Crippen LogP) is 4.53. The zero-order valence-electron chi connectivity index (χ0n) is 12.1. The fraction of sp³-hybridized carbons (Fsp3) is 0.588. The molecule has 2 rings (SSSR count). The number of carboxylic acid groups (broad SMARTS) is 1. The molecule has 20 heavy (non-hydrogen) atoms. The molecule has 110 valence electrons. The van der Waals surface area contributed by atoms with E-state index in [-0.39, 0.29) is 17.8 Å². The molecule has 0 aliphatic heterocycles. The standard InChI is InChI=1S/C17H23FO2/c1-2-3-12-4-6-13(7-5-12)14-8-9-15(11-17(19)20)16(18)10-14/h8-10,12-13H,2-7,11H2,1H3,(H,19,20). The van der Waals surface area contributed by atoms with Crippen molar-refractivity contribution in [1.29, 1.82) is 0 Å². The first-order valence-corrected chi connectivity index (χ1v) is 7.60. The van der Waals surface area contributed by atoms with Crippen LogP contribution in [0.5, 0.6) is 0 Å². The Balaban J connectivity index is 2.00. The van der Waals surface area contributed by atoms with Crippen LogP contribution in [0.4, 0.5) is 4.39 Å². The maximum absolute atomic E-state index is 13.9. The summed E-state index contributed by atoms with van der Waals surface area (Å²) in [5.41, 5.74) is 1.31. The summed E-state index contributed by atoms with van der Waals surface area (Å²) in [5.74, 6) is -0.0822. The number of hydrogen-bond acceptors (Lipinski definition) is 1. The SMILES string of the molecule is CCCC1CCC(c2ccc(CC(=O)O)c(F)c2)CC1. The normalized spacial score (nSPS) is 22.7. The fourth-order valence-electron chi connectivity index (χ4n) is 3.32. The summed E-state index contributed by atoms with van der Waals surface area (Å²) >= 11 is 0. The average Bonchev–Trinajstić information content (AvgIpc) is 2.42. The van der Waals surface area contributed by atoms with E-state index in [2.05, 4.69) is 6.92 Å². The van der Waals surface area contributed by atoms with Gasteiger partial charge in [-0.2, -0.15) is 0 Å². The van der Waals surface area contributed by atoms with E-state index < -0.39 is 5.97 Å². The molecule has 0 bridgehead atoms. The summed E-state index contributed by atoms with van der Waals surface area (Å²) in [6, 6.07) is 5.09. The Morgan fingerprint density at radius 1 is 1.30 bits per heavy atom. The van der Waals surface area contributed by atoms with E-state index in [0.717, 1.165) is 24.3 Å².